The summed E-state index contributed by atoms with van der Waals surface area (Å²) >= 11 is 0. The van der Waals surface area contributed by atoms with E-state index in [4.69, 9.17) is 4.74 Å². The molecule has 2 fully saturated rings. The van der Waals surface area contributed by atoms with Crippen LogP contribution >= 0.6 is 0 Å². The van der Waals surface area contributed by atoms with Crippen molar-refractivity contribution in [3.8, 4) is 0 Å². The summed E-state index contributed by atoms with van der Waals surface area (Å²) in [6.07, 6.45) is 6.63. The highest BCUT2D eigenvalue weighted by atomic mass is 16.5. The van der Waals surface area contributed by atoms with Crippen LogP contribution in [0.15, 0.2) is 36.9 Å². The summed E-state index contributed by atoms with van der Waals surface area (Å²) in [5.41, 5.74) is 1.60. The Balaban J connectivity index is 1.32. The lowest BCUT2D eigenvalue weighted by Gasteiger charge is -2.34. The molecule has 2 amide bonds. The zero-order chi connectivity index (χ0) is 19.3. The molecule has 2 aliphatic heterocycles. The van der Waals surface area contributed by atoms with E-state index >= 15 is 0 Å². The maximum Gasteiger partial charge on any atom is 0.344 e. The van der Waals surface area contributed by atoms with E-state index < -0.39 is 0 Å². The summed E-state index contributed by atoms with van der Waals surface area (Å²) in [7, 11) is 0. The topological polar surface area (TPSA) is 83.8 Å². The minimum absolute atomic E-state index is 0.108. The van der Waals surface area contributed by atoms with Crippen LogP contribution in [0.2, 0.25) is 0 Å². The first-order valence-electron chi connectivity index (χ1n) is 9.53. The van der Waals surface area contributed by atoms with Crippen molar-refractivity contribution in [2.24, 2.45) is 0 Å². The Morgan fingerprint density at radius 2 is 1.79 bits per heavy atom. The summed E-state index contributed by atoms with van der Waals surface area (Å²) < 4.78 is 6.54. The number of aromatic nitrogens is 3. The van der Waals surface area contributed by atoms with Gasteiger partial charge in [-0.3, -0.25) is 14.7 Å². The number of amides is 2. The van der Waals surface area contributed by atoms with Gasteiger partial charge in [0, 0.05) is 64.4 Å². The summed E-state index contributed by atoms with van der Waals surface area (Å²) in [4.78, 5) is 35.2. The van der Waals surface area contributed by atoms with E-state index in [0.29, 0.717) is 45.0 Å². The summed E-state index contributed by atoms with van der Waals surface area (Å²) in [5, 5.41) is 4.12. The molecule has 0 N–H and O–H groups in total. The third-order valence-corrected chi connectivity index (χ3v) is 5.10. The second-order valence-electron chi connectivity index (χ2n) is 6.99. The first kappa shape index (κ1) is 18.6. The van der Waals surface area contributed by atoms with Crippen LogP contribution in [0.25, 0.3) is 0 Å². The largest absolute Gasteiger partial charge is 0.378 e. The Kier molecular flexibility index (Phi) is 5.63. The molecular formula is C19H24N6O3. The molecule has 0 unspecified atom stereocenters. The maximum absolute atomic E-state index is 12.7. The van der Waals surface area contributed by atoms with Crippen LogP contribution in [0.1, 0.15) is 15.9 Å². The first-order valence-corrected chi connectivity index (χ1v) is 9.53. The van der Waals surface area contributed by atoms with Gasteiger partial charge in [0.15, 0.2) is 0 Å². The molecule has 9 nitrogen and oxygen atoms in total. The number of morpholine rings is 1. The van der Waals surface area contributed by atoms with Gasteiger partial charge in [0.2, 0.25) is 0 Å². The number of ether oxygens (including phenoxy) is 1. The van der Waals surface area contributed by atoms with E-state index in [-0.39, 0.29) is 11.9 Å². The van der Waals surface area contributed by atoms with E-state index in [1.54, 1.807) is 16.0 Å². The molecule has 0 radical (unpaired) electrons. The van der Waals surface area contributed by atoms with E-state index in [2.05, 4.69) is 21.0 Å². The highest BCUT2D eigenvalue weighted by Crippen LogP contribution is 2.11. The number of rotatable bonds is 3. The number of nitrogens with zero attached hydrogens (tertiary/aromatic N) is 6. The number of piperazine rings is 1. The average Bonchev–Trinajstić information content (AvgIpc) is 3.25. The minimum atomic E-state index is -0.193. The van der Waals surface area contributed by atoms with E-state index in [0.717, 1.165) is 19.6 Å². The van der Waals surface area contributed by atoms with Gasteiger partial charge in [0.05, 0.1) is 25.0 Å². The molecule has 2 aliphatic rings. The van der Waals surface area contributed by atoms with Crippen molar-refractivity contribution in [1.82, 2.24) is 29.5 Å². The highest BCUT2D eigenvalue weighted by Gasteiger charge is 2.25. The number of carbonyl (C=O) groups excluding carboxylic acids is 2. The van der Waals surface area contributed by atoms with Gasteiger partial charge < -0.3 is 14.5 Å². The molecule has 28 heavy (non-hydrogen) atoms. The van der Waals surface area contributed by atoms with Crippen LogP contribution in [-0.4, -0.2) is 93.9 Å². The molecule has 2 saturated heterocycles. The third-order valence-electron chi connectivity index (χ3n) is 5.10. The van der Waals surface area contributed by atoms with Crippen molar-refractivity contribution in [2.45, 2.75) is 6.54 Å². The first-order chi connectivity index (χ1) is 13.7. The normalized spacial score (nSPS) is 18.3. The van der Waals surface area contributed by atoms with Crippen molar-refractivity contribution in [3.05, 3.63) is 48.0 Å². The minimum Gasteiger partial charge on any atom is -0.378 e. The molecule has 4 rings (SSSR count). The molecule has 4 heterocycles. The Bertz CT molecular complexity index is 810. The van der Waals surface area contributed by atoms with Gasteiger partial charge in [-0.2, -0.15) is 9.78 Å². The van der Waals surface area contributed by atoms with Crippen LogP contribution in [0.4, 0.5) is 4.79 Å². The molecule has 0 saturated carbocycles. The molecule has 0 spiro atoms. The molecule has 2 aromatic heterocycles. The van der Waals surface area contributed by atoms with E-state index in [1.807, 2.05) is 12.3 Å². The summed E-state index contributed by atoms with van der Waals surface area (Å²) in [6.45, 7) is 5.90. The summed E-state index contributed by atoms with van der Waals surface area (Å²) in [5.74, 6) is -0.108. The molecule has 0 aliphatic carbocycles. The Hall–Kier alpha value is -2.78. The lowest BCUT2D eigenvalue weighted by Crippen LogP contribution is -2.49. The van der Waals surface area contributed by atoms with Crippen molar-refractivity contribution < 1.29 is 14.3 Å². The fourth-order valence-corrected chi connectivity index (χ4v) is 3.48. The van der Waals surface area contributed by atoms with Crippen molar-refractivity contribution in [3.63, 3.8) is 0 Å². The lowest BCUT2D eigenvalue weighted by molar-refractivity contribution is 0.0303. The van der Waals surface area contributed by atoms with Gasteiger partial charge in [-0.25, -0.2) is 4.79 Å². The number of pyridine rings is 1. The molecule has 9 heteroatoms. The van der Waals surface area contributed by atoms with Crippen molar-refractivity contribution in [1.29, 1.82) is 0 Å². The van der Waals surface area contributed by atoms with Crippen molar-refractivity contribution in [2.75, 3.05) is 52.5 Å². The zero-order valence-corrected chi connectivity index (χ0v) is 15.7. The third kappa shape index (κ3) is 4.20. The highest BCUT2D eigenvalue weighted by molar-refractivity contribution is 5.94. The smallest absolute Gasteiger partial charge is 0.344 e. The van der Waals surface area contributed by atoms with Crippen LogP contribution < -0.4 is 0 Å². The Morgan fingerprint density at radius 1 is 1.00 bits per heavy atom. The predicted octanol–water partition coefficient (Wildman–Crippen LogP) is 0.536. The molecule has 0 atom stereocenters. The monoisotopic (exact) mass is 384 g/mol. The lowest BCUT2D eigenvalue weighted by atomic mass is 10.2. The van der Waals surface area contributed by atoms with Crippen molar-refractivity contribution >= 4 is 11.9 Å². The standard InChI is InChI=1S/C19H24N6O3/c26-18(23-8-10-28-11-9-23)17-13-21-25(15-17)19(27)24-6-4-22(5-7-24)14-16-2-1-3-20-12-16/h1-3,12-13,15H,4-11,14H2. The number of carbonyl (C=O) groups is 2. The Morgan fingerprint density at radius 3 is 2.50 bits per heavy atom. The molecule has 0 bridgehead atoms. The average molecular weight is 384 g/mol. The number of hydrogen-bond acceptors (Lipinski definition) is 6. The van der Waals surface area contributed by atoms with Gasteiger partial charge in [0.1, 0.15) is 0 Å². The molecule has 2 aromatic rings. The fraction of sp³-hybridized carbons (Fsp3) is 0.474. The number of hydrogen-bond donors (Lipinski definition) is 0. The quantitative estimate of drug-likeness (QED) is 0.768. The van der Waals surface area contributed by atoms with Gasteiger partial charge >= 0.3 is 6.03 Å². The van der Waals surface area contributed by atoms with Crippen LogP contribution in [0.5, 0.6) is 0 Å². The second kappa shape index (κ2) is 8.49. The molecule has 0 aromatic carbocycles. The molecule has 148 valence electrons. The molecular weight excluding hydrogens is 360 g/mol. The van der Waals surface area contributed by atoms with E-state index in [1.165, 1.54) is 22.6 Å². The van der Waals surface area contributed by atoms with Crippen LogP contribution in [-0.2, 0) is 11.3 Å². The Labute approximate surface area is 163 Å². The van der Waals surface area contributed by atoms with E-state index in [9.17, 15) is 9.59 Å². The fourth-order valence-electron chi connectivity index (χ4n) is 3.48. The van der Waals surface area contributed by atoms with Gasteiger partial charge in [-0.05, 0) is 11.6 Å². The van der Waals surface area contributed by atoms with Crippen LogP contribution in [0, 0.1) is 0 Å². The second-order valence-corrected chi connectivity index (χ2v) is 6.99. The summed E-state index contributed by atoms with van der Waals surface area (Å²) in [6, 6.07) is 3.80. The predicted molar refractivity (Wildman–Crippen MR) is 101 cm³/mol. The van der Waals surface area contributed by atoms with Gasteiger partial charge in [0.25, 0.3) is 5.91 Å². The SMILES string of the molecule is O=C(c1cnn(C(=O)N2CCN(Cc3cccnc3)CC2)c1)N1CCOCC1. The van der Waals surface area contributed by atoms with Crippen LogP contribution in [0.3, 0.4) is 0 Å². The zero-order valence-electron chi connectivity index (χ0n) is 15.7. The maximum atomic E-state index is 12.7. The van der Waals surface area contributed by atoms with Gasteiger partial charge in [-0.1, -0.05) is 6.07 Å². The van der Waals surface area contributed by atoms with Gasteiger partial charge in [-0.15, -0.1) is 0 Å².